The van der Waals surface area contributed by atoms with Gasteiger partial charge in [-0.15, -0.1) is 6.58 Å². The van der Waals surface area contributed by atoms with E-state index in [4.69, 9.17) is 35.3 Å². The Balaban J connectivity index is 2.58. The van der Waals surface area contributed by atoms with E-state index in [-0.39, 0.29) is 39.1 Å². The minimum atomic E-state index is -3.11. The molecule has 8 nitrogen and oxygen atoms in total. The number of alkyl halides is 4. The van der Waals surface area contributed by atoms with E-state index in [0.717, 1.165) is 6.92 Å². The summed E-state index contributed by atoms with van der Waals surface area (Å²) in [7, 11) is 0. The predicted octanol–water partition coefficient (Wildman–Crippen LogP) is 5.84. The van der Waals surface area contributed by atoms with E-state index in [2.05, 4.69) is 12.5 Å². The van der Waals surface area contributed by atoms with Gasteiger partial charge in [-0.25, -0.2) is 23.2 Å². The smallest absolute Gasteiger partial charge is 0.403 e. The summed E-state index contributed by atoms with van der Waals surface area (Å²) in [4.78, 5) is 35.6. The summed E-state index contributed by atoms with van der Waals surface area (Å²) in [5.41, 5.74) is -2.34. The van der Waals surface area contributed by atoms with Gasteiger partial charge < -0.3 is 23.7 Å². The topological polar surface area (TPSA) is 97.4 Å². The second-order valence-electron chi connectivity index (χ2n) is 10.1. The number of rotatable bonds is 18. The Bertz CT molecular complexity index is 899. The lowest BCUT2D eigenvalue weighted by Crippen LogP contribution is -2.37. The highest BCUT2D eigenvalue weighted by Crippen LogP contribution is 2.25. The minimum absolute atomic E-state index is 0.0195. The van der Waals surface area contributed by atoms with E-state index in [1.54, 1.807) is 6.08 Å². The van der Waals surface area contributed by atoms with Crippen molar-refractivity contribution in [3.05, 3.63) is 12.7 Å². The fraction of sp³-hybridized carbons (Fsp3) is 0.741. The summed E-state index contributed by atoms with van der Waals surface area (Å²) in [6.45, 7) is 3.76. The molecule has 0 spiro atoms. The molecule has 3 unspecified atom stereocenters. The van der Waals surface area contributed by atoms with Gasteiger partial charge in [-0.2, -0.15) is 8.78 Å². The summed E-state index contributed by atoms with van der Waals surface area (Å²) in [5.74, 6) is -3.31. The molecule has 0 aliphatic heterocycles. The molecule has 0 amide bonds. The zero-order valence-electron chi connectivity index (χ0n) is 22.8. The summed E-state index contributed by atoms with van der Waals surface area (Å²) in [5, 5.41) is 0. The first-order valence-electron chi connectivity index (χ1n) is 12.9. The van der Waals surface area contributed by atoms with Gasteiger partial charge in [0.15, 0.2) is 0 Å². The van der Waals surface area contributed by atoms with Gasteiger partial charge in [0.25, 0.3) is 0 Å². The van der Waals surface area contributed by atoms with Crippen LogP contribution in [0.25, 0.3) is 0 Å². The normalized spacial score (nSPS) is 19.0. The van der Waals surface area contributed by atoms with Crippen LogP contribution in [0.4, 0.5) is 22.4 Å². The molecule has 228 valence electrons. The first-order valence-corrected chi connectivity index (χ1v) is 13.2. The molecule has 0 heterocycles. The van der Waals surface area contributed by atoms with E-state index in [1.165, 1.54) is 6.92 Å². The first kappa shape index (κ1) is 35.7. The average Bonchev–Trinajstić information content (AvgIpc) is 2.86. The highest BCUT2D eigenvalue weighted by Gasteiger charge is 2.32. The fourth-order valence-corrected chi connectivity index (χ4v) is 3.55. The molecule has 0 fully saturated rings. The summed E-state index contributed by atoms with van der Waals surface area (Å²) in [6.07, 6.45) is 1.03. The maximum absolute atomic E-state index is 13.5. The quantitative estimate of drug-likeness (QED) is 0.0483. The third-order valence-electron chi connectivity index (χ3n) is 5.81. The molecule has 0 aromatic carbocycles. The third-order valence-corrected chi connectivity index (χ3v) is 5.92. The number of allylic oxidation sites excluding steroid dienone is 1. The summed E-state index contributed by atoms with van der Waals surface area (Å²) in [6, 6.07) is 0. The fourth-order valence-electron chi connectivity index (χ4n) is 3.49. The third kappa shape index (κ3) is 17.4. The van der Waals surface area contributed by atoms with Crippen molar-refractivity contribution in [3.8, 4) is 11.8 Å². The van der Waals surface area contributed by atoms with E-state index >= 15 is 0 Å². The summed E-state index contributed by atoms with van der Waals surface area (Å²) < 4.78 is 79.5. The number of esters is 2. The van der Waals surface area contributed by atoms with Crippen LogP contribution in [0, 0.1) is 17.3 Å². The van der Waals surface area contributed by atoms with Gasteiger partial charge >= 0.3 is 23.3 Å². The number of carbonyl (C=O) groups is 3. The molecule has 13 heteroatoms. The molecule has 0 aromatic heterocycles. The van der Waals surface area contributed by atoms with Crippen LogP contribution in [0.1, 0.15) is 65.2 Å². The molecule has 1 aliphatic carbocycles. The molecule has 0 aromatic rings. The standard InChI is InChI=1S/C27H37ClF4O8/c1-4-5-8-20(10-13-26(3,29)30)36-15-22(33)38-17-25(2,19-40-24(28)35)18-39-23(34)16-37-21-9-6-7-12-27(31,32)14-11-21/h4,20-21H,1,5-6,8-11,13-19H2,2-3H3. The lowest BCUT2D eigenvalue weighted by atomic mass is 9.94. The van der Waals surface area contributed by atoms with Gasteiger partial charge in [0.1, 0.15) is 33.0 Å². The highest BCUT2D eigenvalue weighted by molar-refractivity contribution is 6.61. The van der Waals surface area contributed by atoms with Crippen molar-refractivity contribution in [1.82, 2.24) is 0 Å². The Labute approximate surface area is 237 Å². The van der Waals surface area contributed by atoms with Crippen molar-refractivity contribution in [2.75, 3.05) is 33.0 Å². The van der Waals surface area contributed by atoms with Crippen molar-refractivity contribution in [2.24, 2.45) is 5.41 Å². The second-order valence-corrected chi connectivity index (χ2v) is 10.4. The van der Waals surface area contributed by atoms with E-state index in [9.17, 15) is 31.9 Å². The number of hydrogen-bond donors (Lipinski definition) is 0. The van der Waals surface area contributed by atoms with E-state index in [1.807, 2.05) is 5.92 Å². The van der Waals surface area contributed by atoms with Crippen LogP contribution in [0.3, 0.4) is 0 Å². The van der Waals surface area contributed by atoms with E-state index < -0.39 is 72.9 Å². The molecule has 0 N–H and O–H groups in total. The molecule has 3 atom stereocenters. The lowest BCUT2D eigenvalue weighted by Gasteiger charge is -2.28. The largest absolute Gasteiger partial charge is 0.463 e. The van der Waals surface area contributed by atoms with Crippen molar-refractivity contribution in [1.29, 1.82) is 0 Å². The molecule has 0 saturated carbocycles. The van der Waals surface area contributed by atoms with Crippen LogP contribution in [0.5, 0.6) is 0 Å². The number of halogens is 5. The van der Waals surface area contributed by atoms with Crippen molar-refractivity contribution in [3.63, 3.8) is 0 Å². The molecular weight excluding hydrogens is 564 g/mol. The SMILES string of the molecule is C=CCCC(CCC(C)(F)F)OCC(=O)OCC(C)(COC(=O)Cl)COC(=O)COC1CCC#CC(F)(F)CC1. The van der Waals surface area contributed by atoms with Gasteiger partial charge in [0, 0.05) is 30.9 Å². The zero-order valence-corrected chi connectivity index (χ0v) is 23.5. The highest BCUT2D eigenvalue weighted by atomic mass is 35.5. The Hall–Kier alpha value is -2.36. The first-order chi connectivity index (χ1) is 18.6. The van der Waals surface area contributed by atoms with Crippen LogP contribution in [-0.2, 0) is 33.3 Å². The molecule has 1 rings (SSSR count). The monoisotopic (exact) mass is 600 g/mol. The van der Waals surface area contributed by atoms with Crippen molar-refractivity contribution >= 4 is 29.0 Å². The van der Waals surface area contributed by atoms with E-state index in [0.29, 0.717) is 19.3 Å². The Morgan fingerprint density at radius 3 is 2.27 bits per heavy atom. The maximum Gasteiger partial charge on any atom is 0.403 e. The summed E-state index contributed by atoms with van der Waals surface area (Å²) >= 11 is 5.24. The Kier molecular flexibility index (Phi) is 15.6. The molecular formula is C27H37ClF4O8. The zero-order chi connectivity index (χ0) is 30.2. The lowest BCUT2D eigenvalue weighted by molar-refractivity contribution is -0.163. The van der Waals surface area contributed by atoms with Gasteiger partial charge in [-0.1, -0.05) is 12.0 Å². The minimum Gasteiger partial charge on any atom is -0.463 e. The van der Waals surface area contributed by atoms with Gasteiger partial charge in [-0.3, -0.25) is 0 Å². The van der Waals surface area contributed by atoms with Crippen molar-refractivity contribution in [2.45, 2.75) is 89.3 Å². The molecule has 40 heavy (non-hydrogen) atoms. The van der Waals surface area contributed by atoms with Crippen LogP contribution in [0.2, 0.25) is 0 Å². The average molecular weight is 601 g/mol. The second kappa shape index (κ2) is 17.5. The van der Waals surface area contributed by atoms with Crippen molar-refractivity contribution < 1.29 is 55.6 Å². The van der Waals surface area contributed by atoms with Gasteiger partial charge in [0.05, 0.1) is 17.6 Å². The molecule has 1 aliphatic rings. The number of carbonyl (C=O) groups excluding carboxylic acids is 3. The van der Waals surface area contributed by atoms with Crippen LogP contribution >= 0.6 is 11.6 Å². The Morgan fingerprint density at radius 2 is 1.68 bits per heavy atom. The Morgan fingerprint density at radius 1 is 1.05 bits per heavy atom. The van der Waals surface area contributed by atoms with Crippen LogP contribution in [0.15, 0.2) is 12.7 Å². The number of ether oxygens (including phenoxy) is 5. The van der Waals surface area contributed by atoms with Gasteiger partial charge in [-0.05, 0) is 51.9 Å². The molecule has 0 radical (unpaired) electrons. The molecule has 0 bridgehead atoms. The van der Waals surface area contributed by atoms with Gasteiger partial charge in [0.2, 0.25) is 5.92 Å². The maximum atomic E-state index is 13.5. The predicted molar refractivity (Wildman–Crippen MR) is 137 cm³/mol. The molecule has 0 saturated heterocycles. The van der Waals surface area contributed by atoms with Crippen LogP contribution in [-0.4, -0.2) is 74.5 Å². The van der Waals surface area contributed by atoms with Crippen LogP contribution < -0.4 is 0 Å². The number of hydrogen-bond acceptors (Lipinski definition) is 8.